The van der Waals surface area contributed by atoms with Crippen molar-refractivity contribution in [3.8, 4) is 0 Å². The van der Waals surface area contributed by atoms with E-state index in [0.717, 1.165) is 0 Å². The molecule has 0 fully saturated rings. The van der Waals surface area contributed by atoms with E-state index < -0.39 is 0 Å². The van der Waals surface area contributed by atoms with Gasteiger partial charge >= 0.3 is 0 Å². The number of rotatable bonds is 3. The van der Waals surface area contributed by atoms with Crippen molar-refractivity contribution in [3.63, 3.8) is 0 Å². The monoisotopic (exact) mass is 329 g/mol. The van der Waals surface area contributed by atoms with E-state index in [-0.39, 0.29) is 17.4 Å². The number of hydrogen-bond donors (Lipinski definition) is 0. The third-order valence-corrected chi connectivity index (χ3v) is 3.60. The Bertz CT molecular complexity index is 904. The molecule has 0 aromatic carbocycles. The van der Waals surface area contributed by atoms with Crippen molar-refractivity contribution < 1.29 is 9.59 Å². The van der Waals surface area contributed by atoms with Crippen LogP contribution in [0.15, 0.2) is 36.9 Å². The molecule has 0 atom stereocenters. The van der Waals surface area contributed by atoms with Gasteiger partial charge in [0.25, 0.3) is 5.91 Å². The first-order valence-electron chi connectivity index (χ1n) is 6.71. The topological polar surface area (TPSA) is 80.5 Å². The molecule has 0 saturated carbocycles. The number of amides is 1. The Labute approximate surface area is 136 Å². The van der Waals surface area contributed by atoms with Crippen LogP contribution in [0.1, 0.15) is 27.9 Å². The molecule has 0 radical (unpaired) electrons. The molecular weight excluding hydrogens is 318 g/mol. The SMILES string of the molecule is CC(=O)c1cnc2cnc(C(=O)N(C)c3ccc(Cl)nc3)cn12. The summed E-state index contributed by atoms with van der Waals surface area (Å²) in [4.78, 5) is 37.7. The Morgan fingerprint density at radius 2 is 1.91 bits per heavy atom. The molecule has 8 heteroatoms. The van der Waals surface area contributed by atoms with Gasteiger partial charge < -0.3 is 4.90 Å². The highest BCUT2D eigenvalue weighted by Crippen LogP contribution is 2.16. The van der Waals surface area contributed by atoms with Gasteiger partial charge in [0.1, 0.15) is 16.5 Å². The largest absolute Gasteiger partial charge is 0.309 e. The van der Waals surface area contributed by atoms with Crippen molar-refractivity contribution in [3.05, 3.63) is 53.5 Å². The molecule has 0 unspecified atom stereocenters. The Balaban J connectivity index is 1.98. The Kier molecular flexibility index (Phi) is 3.79. The maximum atomic E-state index is 12.6. The van der Waals surface area contributed by atoms with E-state index in [1.165, 1.54) is 36.6 Å². The van der Waals surface area contributed by atoms with E-state index >= 15 is 0 Å². The standard InChI is InChI=1S/C15H12ClN5O2/c1-9(22)12-6-19-14-7-17-11(8-21(12)14)15(23)20(2)10-3-4-13(16)18-5-10/h3-8H,1-2H3. The zero-order valence-corrected chi connectivity index (χ0v) is 13.2. The molecule has 3 rings (SSSR count). The maximum Gasteiger partial charge on any atom is 0.278 e. The minimum Gasteiger partial charge on any atom is -0.309 e. The van der Waals surface area contributed by atoms with Gasteiger partial charge in [-0.2, -0.15) is 0 Å². The summed E-state index contributed by atoms with van der Waals surface area (Å²) >= 11 is 5.74. The average molecular weight is 330 g/mol. The normalized spacial score (nSPS) is 10.7. The van der Waals surface area contributed by atoms with Crippen LogP contribution < -0.4 is 4.90 Å². The molecular formula is C15H12ClN5O2. The fourth-order valence-corrected chi connectivity index (χ4v) is 2.23. The third-order valence-electron chi connectivity index (χ3n) is 3.38. The summed E-state index contributed by atoms with van der Waals surface area (Å²) in [6, 6.07) is 3.28. The van der Waals surface area contributed by atoms with Crippen LogP contribution in [0.4, 0.5) is 5.69 Å². The second-order valence-electron chi connectivity index (χ2n) is 4.90. The molecule has 0 N–H and O–H groups in total. The van der Waals surface area contributed by atoms with Gasteiger partial charge in [-0.1, -0.05) is 11.6 Å². The fraction of sp³-hybridized carbons (Fsp3) is 0.133. The van der Waals surface area contributed by atoms with Crippen LogP contribution in [0.25, 0.3) is 5.65 Å². The Hall–Kier alpha value is -2.80. The first-order valence-corrected chi connectivity index (χ1v) is 7.09. The minimum absolute atomic E-state index is 0.141. The zero-order valence-electron chi connectivity index (χ0n) is 12.4. The van der Waals surface area contributed by atoms with E-state index in [2.05, 4.69) is 15.0 Å². The van der Waals surface area contributed by atoms with Gasteiger partial charge in [0, 0.05) is 20.2 Å². The van der Waals surface area contributed by atoms with Gasteiger partial charge in [0.2, 0.25) is 0 Å². The maximum absolute atomic E-state index is 12.6. The van der Waals surface area contributed by atoms with E-state index in [1.54, 1.807) is 23.6 Å². The number of carbonyl (C=O) groups excluding carboxylic acids is 2. The number of carbonyl (C=O) groups is 2. The second kappa shape index (κ2) is 5.77. The van der Waals surface area contributed by atoms with Gasteiger partial charge in [-0.05, 0) is 12.1 Å². The fourth-order valence-electron chi connectivity index (χ4n) is 2.12. The molecule has 0 spiro atoms. The van der Waals surface area contributed by atoms with Crippen LogP contribution in [-0.4, -0.2) is 38.1 Å². The number of hydrogen-bond acceptors (Lipinski definition) is 5. The highest BCUT2D eigenvalue weighted by molar-refractivity contribution is 6.29. The van der Waals surface area contributed by atoms with Crippen molar-refractivity contribution in [2.24, 2.45) is 0 Å². The predicted octanol–water partition coefficient (Wildman–Crippen LogP) is 2.26. The first-order chi connectivity index (χ1) is 11.0. The molecule has 0 aliphatic carbocycles. The highest BCUT2D eigenvalue weighted by Gasteiger charge is 2.17. The number of anilines is 1. The predicted molar refractivity (Wildman–Crippen MR) is 85.0 cm³/mol. The van der Waals surface area contributed by atoms with Crippen molar-refractivity contribution >= 4 is 34.6 Å². The first kappa shape index (κ1) is 15.1. The molecule has 23 heavy (non-hydrogen) atoms. The van der Waals surface area contributed by atoms with Crippen molar-refractivity contribution in [2.75, 3.05) is 11.9 Å². The quantitative estimate of drug-likeness (QED) is 0.544. The van der Waals surface area contributed by atoms with Gasteiger partial charge in [-0.3, -0.25) is 14.0 Å². The van der Waals surface area contributed by atoms with Crippen LogP contribution in [0.5, 0.6) is 0 Å². The number of pyridine rings is 1. The smallest absolute Gasteiger partial charge is 0.278 e. The van der Waals surface area contributed by atoms with Crippen LogP contribution in [0.3, 0.4) is 0 Å². The number of aromatic nitrogens is 4. The van der Waals surface area contributed by atoms with Crippen molar-refractivity contribution in [1.82, 2.24) is 19.4 Å². The average Bonchev–Trinajstić information content (AvgIpc) is 2.97. The summed E-state index contributed by atoms with van der Waals surface area (Å²) in [5.74, 6) is -0.475. The number of fused-ring (bicyclic) bond motifs is 1. The van der Waals surface area contributed by atoms with Gasteiger partial charge in [-0.25, -0.2) is 15.0 Å². The zero-order chi connectivity index (χ0) is 16.6. The van der Waals surface area contributed by atoms with E-state index in [4.69, 9.17) is 11.6 Å². The molecule has 0 saturated heterocycles. The lowest BCUT2D eigenvalue weighted by molar-refractivity contribution is 0.0982. The van der Waals surface area contributed by atoms with Crippen molar-refractivity contribution in [1.29, 1.82) is 0 Å². The summed E-state index contributed by atoms with van der Waals surface area (Å²) in [5.41, 5.74) is 1.67. The molecule has 0 bridgehead atoms. The lowest BCUT2D eigenvalue weighted by Gasteiger charge is -2.16. The second-order valence-corrected chi connectivity index (χ2v) is 5.29. The summed E-state index contributed by atoms with van der Waals surface area (Å²) in [6.07, 6.45) is 5.91. The summed E-state index contributed by atoms with van der Waals surface area (Å²) in [7, 11) is 1.61. The molecule has 3 aromatic heterocycles. The molecule has 1 amide bonds. The lowest BCUT2D eigenvalue weighted by atomic mass is 10.3. The highest BCUT2D eigenvalue weighted by atomic mass is 35.5. The van der Waals surface area contributed by atoms with E-state index in [0.29, 0.717) is 22.2 Å². The lowest BCUT2D eigenvalue weighted by Crippen LogP contribution is -2.27. The molecule has 7 nitrogen and oxygen atoms in total. The van der Waals surface area contributed by atoms with Crippen LogP contribution in [0, 0.1) is 0 Å². The van der Waals surface area contributed by atoms with Crippen LogP contribution in [-0.2, 0) is 0 Å². The number of imidazole rings is 1. The number of Topliss-reactive ketones (excluding diaryl/α,β-unsaturated/α-hetero) is 1. The van der Waals surface area contributed by atoms with Gasteiger partial charge in [-0.15, -0.1) is 0 Å². The van der Waals surface area contributed by atoms with E-state index in [1.807, 2.05) is 0 Å². The summed E-state index contributed by atoms with van der Waals surface area (Å²) in [6.45, 7) is 1.44. The Morgan fingerprint density at radius 1 is 1.13 bits per heavy atom. The number of nitrogens with zero attached hydrogens (tertiary/aromatic N) is 5. The number of halogens is 1. The molecule has 116 valence electrons. The molecule has 3 aromatic rings. The van der Waals surface area contributed by atoms with Crippen LogP contribution >= 0.6 is 11.6 Å². The van der Waals surface area contributed by atoms with Crippen molar-refractivity contribution in [2.45, 2.75) is 6.92 Å². The summed E-state index contributed by atoms with van der Waals surface area (Å²) in [5, 5.41) is 0.346. The Morgan fingerprint density at radius 3 is 2.57 bits per heavy atom. The molecule has 0 aliphatic rings. The van der Waals surface area contributed by atoms with Gasteiger partial charge in [0.15, 0.2) is 11.4 Å². The minimum atomic E-state index is -0.334. The third kappa shape index (κ3) is 2.78. The van der Waals surface area contributed by atoms with Gasteiger partial charge in [0.05, 0.1) is 24.3 Å². The summed E-state index contributed by atoms with van der Waals surface area (Å²) < 4.78 is 1.55. The van der Waals surface area contributed by atoms with Crippen LogP contribution in [0.2, 0.25) is 5.15 Å². The molecule has 3 heterocycles. The number of ketones is 1. The molecule has 0 aliphatic heterocycles. The van der Waals surface area contributed by atoms with E-state index in [9.17, 15) is 9.59 Å².